The van der Waals surface area contributed by atoms with Gasteiger partial charge in [-0.25, -0.2) is 4.39 Å². The number of aryl methyl sites for hydroxylation is 1. The minimum absolute atomic E-state index is 0.0327. The number of hydrogen-bond donors (Lipinski definition) is 1. The normalized spacial score (nSPS) is 32.3. The number of benzene rings is 1. The number of halogens is 7. The van der Waals surface area contributed by atoms with Gasteiger partial charge in [-0.1, -0.05) is 18.2 Å². The van der Waals surface area contributed by atoms with Gasteiger partial charge in [-0.15, -0.1) is 0 Å². The number of carbonyl (C=O) groups is 1. The van der Waals surface area contributed by atoms with E-state index in [-0.39, 0.29) is 30.1 Å². The molecule has 1 aromatic rings. The van der Waals surface area contributed by atoms with Crippen molar-refractivity contribution in [1.29, 1.82) is 0 Å². The van der Waals surface area contributed by atoms with Gasteiger partial charge in [-0.05, 0) is 36.9 Å². The van der Waals surface area contributed by atoms with Crippen molar-refractivity contribution >= 4 is 5.78 Å². The molecule has 31 heavy (non-hydrogen) atoms. The maximum Gasteiger partial charge on any atom is 0.435 e. The summed E-state index contributed by atoms with van der Waals surface area (Å²) >= 11 is 0. The number of nitrogens with zero attached hydrogens (tertiary/aromatic N) is 1. The van der Waals surface area contributed by atoms with Crippen molar-refractivity contribution in [2.24, 2.45) is 5.92 Å². The van der Waals surface area contributed by atoms with Gasteiger partial charge in [0.1, 0.15) is 5.78 Å². The van der Waals surface area contributed by atoms with Gasteiger partial charge in [0, 0.05) is 42.6 Å². The van der Waals surface area contributed by atoms with Gasteiger partial charge in [0.05, 0.1) is 5.92 Å². The summed E-state index contributed by atoms with van der Waals surface area (Å²) in [5.41, 5.74) is -5.78. The fourth-order valence-corrected chi connectivity index (χ4v) is 5.52. The highest BCUT2D eigenvalue weighted by Gasteiger charge is 2.73. The third-order valence-corrected chi connectivity index (χ3v) is 7.40. The molecule has 170 valence electrons. The van der Waals surface area contributed by atoms with Crippen molar-refractivity contribution in [3.05, 3.63) is 34.9 Å². The standard InChI is InChI=1S/C21H21F7N2O/c22-19(20(23,24)25,21(26,27)28)11-2-3-12-10(9-11)1-4-14-13(12)5-7-30(14)8-6-15(31)16-17-18(16)29-17/h2-3,9,13-14,16-18,29H,1,4-8H2/t13-,14+,16?,17?,18?/m0/s1. The van der Waals surface area contributed by atoms with Crippen molar-refractivity contribution in [3.63, 3.8) is 0 Å². The Morgan fingerprint density at radius 3 is 2.29 bits per heavy atom. The Balaban J connectivity index is 1.33. The number of rotatable bonds is 5. The number of carbonyl (C=O) groups excluding carboxylic acids is 1. The van der Waals surface area contributed by atoms with Gasteiger partial charge < -0.3 is 5.32 Å². The van der Waals surface area contributed by atoms with Crippen LogP contribution in [0.5, 0.6) is 0 Å². The number of nitrogens with one attached hydrogen (secondary N) is 1. The van der Waals surface area contributed by atoms with E-state index in [1.807, 2.05) is 0 Å². The molecule has 0 aromatic heterocycles. The van der Waals surface area contributed by atoms with Crippen LogP contribution in [-0.2, 0) is 16.9 Å². The predicted molar refractivity (Wildman–Crippen MR) is 96.2 cm³/mol. The number of alkyl halides is 7. The van der Waals surface area contributed by atoms with Gasteiger partial charge in [0.15, 0.2) is 0 Å². The number of hydrogen-bond acceptors (Lipinski definition) is 3. The van der Waals surface area contributed by atoms with E-state index >= 15 is 0 Å². The lowest BCUT2D eigenvalue weighted by Crippen LogP contribution is -2.50. The average Bonchev–Trinajstić information content (AvgIpc) is 3.55. The third kappa shape index (κ3) is 3.20. The highest BCUT2D eigenvalue weighted by Crippen LogP contribution is 2.54. The maximum atomic E-state index is 14.4. The zero-order valence-electron chi connectivity index (χ0n) is 16.4. The summed E-state index contributed by atoms with van der Waals surface area (Å²) in [6.45, 7) is 1.33. The Hall–Kier alpha value is -1.68. The summed E-state index contributed by atoms with van der Waals surface area (Å²) in [5, 5.41) is 3.14. The minimum Gasteiger partial charge on any atom is -0.307 e. The molecule has 3 nitrogen and oxygen atoms in total. The Labute approximate surface area is 174 Å². The molecule has 0 bridgehead atoms. The molecule has 2 aliphatic heterocycles. The summed E-state index contributed by atoms with van der Waals surface area (Å²) in [7, 11) is 0. The van der Waals surface area contributed by atoms with Crippen LogP contribution in [0.1, 0.15) is 41.9 Å². The van der Waals surface area contributed by atoms with E-state index in [0.29, 0.717) is 55.1 Å². The Morgan fingerprint density at radius 2 is 1.71 bits per heavy atom. The van der Waals surface area contributed by atoms with E-state index < -0.39 is 23.6 Å². The Morgan fingerprint density at radius 1 is 1.03 bits per heavy atom. The second-order valence-corrected chi connectivity index (χ2v) is 9.07. The molecule has 5 rings (SSSR count). The number of fused-ring (bicyclic) bond motifs is 4. The first-order chi connectivity index (χ1) is 14.4. The quantitative estimate of drug-likeness (QED) is 0.545. The smallest absolute Gasteiger partial charge is 0.307 e. The fourth-order valence-electron chi connectivity index (χ4n) is 5.52. The van der Waals surface area contributed by atoms with Gasteiger partial charge in [-0.3, -0.25) is 9.69 Å². The molecule has 4 aliphatic rings. The molecule has 0 spiro atoms. The monoisotopic (exact) mass is 450 g/mol. The molecule has 10 heteroatoms. The largest absolute Gasteiger partial charge is 0.435 e. The molecular formula is C21H21F7N2O. The van der Waals surface area contributed by atoms with Crippen LogP contribution in [0.3, 0.4) is 0 Å². The summed E-state index contributed by atoms with van der Waals surface area (Å²) in [5.74, 6) is 0.360. The van der Waals surface area contributed by atoms with Crippen LogP contribution in [0.2, 0.25) is 0 Å². The number of Topliss-reactive ketones (excluding diaryl/α,β-unsaturated/α-hetero) is 1. The van der Waals surface area contributed by atoms with Crippen LogP contribution in [0.4, 0.5) is 30.7 Å². The summed E-state index contributed by atoms with van der Waals surface area (Å²) in [4.78, 5) is 14.4. The highest BCUT2D eigenvalue weighted by molar-refractivity contribution is 5.88. The molecule has 1 saturated carbocycles. The van der Waals surface area contributed by atoms with Crippen LogP contribution in [0, 0.1) is 5.92 Å². The van der Waals surface area contributed by atoms with Crippen molar-refractivity contribution in [2.45, 2.75) is 67.7 Å². The van der Waals surface area contributed by atoms with Crippen LogP contribution >= 0.6 is 0 Å². The third-order valence-electron chi connectivity index (χ3n) is 7.40. The minimum atomic E-state index is -6.11. The van der Waals surface area contributed by atoms with Crippen molar-refractivity contribution in [2.75, 3.05) is 13.1 Å². The molecule has 0 amide bonds. The lowest BCUT2D eigenvalue weighted by Gasteiger charge is -2.35. The maximum absolute atomic E-state index is 14.4. The van der Waals surface area contributed by atoms with Crippen LogP contribution in [0.25, 0.3) is 0 Å². The fraction of sp³-hybridized carbons (Fsp3) is 0.667. The van der Waals surface area contributed by atoms with E-state index in [4.69, 9.17) is 0 Å². The summed E-state index contributed by atoms with van der Waals surface area (Å²) in [6, 6.07) is 3.42. The molecular weight excluding hydrogens is 429 g/mol. The zero-order valence-corrected chi connectivity index (χ0v) is 16.4. The zero-order chi connectivity index (χ0) is 22.3. The SMILES string of the molecule is O=C(CCN1CC[C@H]2c3ccc(C(F)(C(F)(F)F)C(F)(F)F)cc3CC[C@H]21)C1C2NC21. The van der Waals surface area contributed by atoms with E-state index in [1.54, 1.807) is 0 Å². The molecule has 1 N–H and O–H groups in total. The number of likely N-dealkylation sites (tertiary alicyclic amines) is 1. The molecule has 4 atom stereocenters. The second kappa shape index (κ2) is 6.66. The first-order valence-electron chi connectivity index (χ1n) is 10.4. The lowest BCUT2D eigenvalue weighted by atomic mass is 9.77. The van der Waals surface area contributed by atoms with Crippen molar-refractivity contribution < 1.29 is 35.5 Å². The summed E-state index contributed by atoms with van der Waals surface area (Å²) < 4.78 is 93.0. The number of ketones is 1. The average molecular weight is 450 g/mol. The second-order valence-electron chi connectivity index (χ2n) is 9.07. The lowest BCUT2D eigenvalue weighted by molar-refractivity contribution is -0.348. The van der Waals surface area contributed by atoms with Crippen LogP contribution < -0.4 is 5.32 Å². The summed E-state index contributed by atoms with van der Waals surface area (Å²) in [6.07, 6.45) is -10.2. The molecule has 2 unspecified atom stereocenters. The van der Waals surface area contributed by atoms with Gasteiger partial charge in [0.25, 0.3) is 0 Å². The Bertz CT molecular complexity index is 890. The molecule has 2 saturated heterocycles. The molecule has 1 aromatic carbocycles. The van der Waals surface area contributed by atoms with E-state index in [9.17, 15) is 35.5 Å². The predicted octanol–water partition coefficient (Wildman–Crippen LogP) is 4.01. The highest BCUT2D eigenvalue weighted by atomic mass is 19.4. The van der Waals surface area contributed by atoms with Gasteiger partial charge in [-0.2, -0.15) is 26.3 Å². The van der Waals surface area contributed by atoms with Gasteiger partial charge >= 0.3 is 18.0 Å². The van der Waals surface area contributed by atoms with Crippen molar-refractivity contribution in [3.8, 4) is 0 Å². The first kappa shape index (κ1) is 21.2. The molecule has 3 fully saturated rings. The van der Waals surface area contributed by atoms with E-state index in [0.717, 1.165) is 12.6 Å². The van der Waals surface area contributed by atoms with Crippen molar-refractivity contribution in [1.82, 2.24) is 10.2 Å². The molecule has 2 heterocycles. The van der Waals surface area contributed by atoms with Crippen LogP contribution in [-0.4, -0.2) is 54.3 Å². The molecule has 0 radical (unpaired) electrons. The topological polar surface area (TPSA) is 42.2 Å². The molecule has 2 aliphatic carbocycles. The Kier molecular flexibility index (Phi) is 4.55. The first-order valence-corrected chi connectivity index (χ1v) is 10.4. The van der Waals surface area contributed by atoms with E-state index in [1.165, 1.54) is 6.07 Å². The van der Waals surface area contributed by atoms with Gasteiger partial charge in [0.2, 0.25) is 0 Å². The van der Waals surface area contributed by atoms with Crippen LogP contribution in [0.15, 0.2) is 18.2 Å². The van der Waals surface area contributed by atoms with E-state index in [2.05, 4.69) is 10.2 Å².